The maximum atomic E-state index is 11.1. The van der Waals surface area contributed by atoms with Gasteiger partial charge in [-0.05, 0) is 19.4 Å². The summed E-state index contributed by atoms with van der Waals surface area (Å²) in [5.41, 5.74) is 0.669. The lowest BCUT2D eigenvalue weighted by Crippen LogP contribution is -2.32. The predicted octanol–water partition coefficient (Wildman–Crippen LogP) is 1.37. The van der Waals surface area contributed by atoms with E-state index < -0.39 is 16.7 Å². The van der Waals surface area contributed by atoms with Crippen molar-refractivity contribution < 1.29 is 14.3 Å². The molecular weight excluding hydrogens is 229 g/mol. The Bertz CT molecular complexity index is 270. The number of hydrogen-bond donors (Lipinski definition) is 1. The highest BCUT2D eigenvalue weighted by molar-refractivity contribution is 6.53. The first-order valence-electron chi connectivity index (χ1n) is 3.75. The number of nitrogens with one attached hydrogen (secondary N) is 1. The SMILES string of the molecule is COC(=O)C(NC(=O)C(Cl)Cl)=C(C)C. The van der Waals surface area contributed by atoms with E-state index in [1.54, 1.807) is 13.8 Å². The molecule has 14 heavy (non-hydrogen) atoms. The Morgan fingerprint density at radius 3 is 2.07 bits per heavy atom. The first-order valence-corrected chi connectivity index (χ1v) is 4.62. The predicted molar refractivity (Wildman–Crippen MR) is 54.0 cm³/mol. The molecule has 0 saturated heterocycles. The number of methoxy groups -OCH3 is 1. The Morgan fingerprint density at radius 1 is 1.29 bits per heavy atom. The van der Waals surface area contributed by atoms with Crippen LogP contribution < -0.4 is 5.32 Å². The molecule has 0 aliphatic rings. The number of allylic oxidation sites excluding steroid dienone is 1. The number of ether oxygens (including phenoxy) is 1. The van der Waals surface area contributed by atoms with Crippen LogP contribution in [0.25, 0.3) is 0 Å². The fourth-order valence-electron chi connectivity index (χ4n) is 0.660. The van der Waals surface area contributed by atoms with E-state index in [4.69, 9.17) is 23.2 Å². The molecule has 0 aliphatic heterocycles. The van der Waals surface area contributed by atoms with Gasteiger partial charge < -0.3 is 10.1 Å². The number of esters is 1. The summed E-state index contributed by atoms with van der Waals surface area (Å²) in [6.45, 7) is 3.31. The van der Waals surface area contributed by atoms with Crippen molar-refractivity contribution in [2.45, 2.75) is 18.7 Å². The molecule has 0 fully saturated rings. The van der Waals surface area contributed by atoms with E-state index in [2.05, 4.69) is 10.1 Å². The van der Waals surface area contributed by atoms with E-state index in [0.717, 1.165) is 0 Å². The van der Waals surface area contributed by atoms with Crippen LogP contribution in [0.1, 0.15) is 13.8 Å². The lowest BCUT2D eigenvalue weighted by molar-refractivity contribution is -0.137. The van der Waals surface area contributed by atoms with Crippen molar-refractivity contribution in [1.82, 2.24) is 5.32 Å². The van der Waals surface area contributed by atoms with E-state index in [1.165, 1.54) is 7.11 Å². The lowest BCUT2D eigenvalue weighted by atomic mass is 10.2. The van der Waals surface area contributed by atoms with Crippen molar-refractivity contribution in [2.24, 2.45) is 0 Å². The van der Waals surface area contributed by atoms with Gasteiger partial charge in [0.25, 0.3) is 5.91 Å². The van der Waals surface area contributed by atoms with Crippen LogP contribution in [-0.2, 0) is 14.3 Å². The Labute approximate surface area is 92.2 Å². The maximum Gasteiger partial charge on any atom is 0.354 e. The summed E-state index contributed by atoms with van der Waals surface area (Å²) in [6, 6.07) is 0. The molecule has 0 aromatic heterocycles. The molecule has 4 nitrogen and oxygen atoms in total. The molecule has 80 valence electrons. The summed E-state index contributed by atoms with van der Waals surface area (Å²) in [6.07, 6.45) is 0. The first kappa shape index (κ1) is 13.3. The minimum Gasteiger partial charge on any atom is -0.464 e. The first-order chi connectivity index (χ1) is 6.40. The second-order valence-corrected chi connectivity index (χ2v) is 3.75. The highest BCUT2D eigenvalue weighted by Gasteiger charge is 2.18. The van der Waals surface area contributed by atoms with Crippen LogP contribution in [0, 0.1) is 0 Å². The molecule has 0 aromatic rings. The van der Waals surface area contributed by atoms with Gasteiger partial charge in [-0.2, -0.15) is 0 Å². The highest BCUT2D eigenvalue weighted by atomic mass is 35.5. The van der Waals surface area contributed by atoms with Crippen LogP contribution in [0.5, 0.6) is 0 Å². The van der Waals surface area contributed by atoms with Gasteiger partial charge in [-0.15, -0.1) is 0 Å². The average molecular weight is 240 g/mol. The van der Waals surface area contributed by atoms with Gasteiger partial charge in [0.2, 0.25) is 0 Å². The normalized spacial score (nSPS) is 9.57. The molecule has 0 atom stereocenters. The summed E-state index contributed by atoms with van der Waals surface area (Å²) >= 11 is 10.6. The zero-order chi connectivity index (χ0) is 11.3. The number of carbonyl (C=O) groups excluding carboxylic acids is 2. The van der Waals surface area contributed by atoms with E-state index in [-0.39, 0.29) is 5.70 Å². The number of halogens is 2. The minimum atomic E-state index is -1.21. The molecule has 0 heterocycles. The standard InChI is InChI=1S/C8H11Cl2NO3/c1-4(2)5(8(13)14-3)11-7(12)6(9)10/h6H,1-3H3,(H,11,12). The quantitative estimate of drug-likeness (QED) is 0.460. The number of hydrogen-bond acceptors (Lipinski definition) is 3. The van der Waals surface area contributed by atoms with Crippen molar-refractivity contribution >= 4 is 35.1 Å². The van der Waals surface area contributed by atoms with E-state index >= 15 is 0 Å². The molecule has 0 aliphatic carbocycles. The topological polar surface area (TPSA) is 55.4 Å². The molecule has 0 radical (unpaired) electrons. The van der Waals surface area contributed by atoms with Crippen molar-refractivity contribution in [1.29, 1.82) is 0 Å². The molecule has 0 bridgehead atoms. The van der Waals surface area contributed by atoms with Crippen molar-refractivity contribution in [3.63, 3.8) is 0 Å². The van der Waals surface area contributed by atoms with Crippen LogP contribution in [0.4, 0.5) is 0 Å². The summed E-state index contributed by atoms with van der Waals surface area (Å²) in [5, 5.41) is 2.27. The Hall–Kier alpha value is -0.740. The number of alkyl halides is 2. The molecule has 1 N–H and O–H groups in total. The summed E-state index contributed by atoms with van der Waals surface area (Å²) in [7, 11) is 1.22. The van der Waals surface area contributed by atoms with Crippen LogP contribution >= 0.6 is 23.2 Å². The molecule has 0 unspecified atom stereocenters. The average Bonchev–Trinajstić information content (AvgIpc) is 2.11. The fourth-order valence-corrected chi connectivity index (χ4v) is 0.769. The van der Waals surface area contributed by atoms with E-state index in [9.17, 15) is 9.59 Å². The second kappa shape index (κ2) is 5.88. The van der Waals surface area contributed by atoms with Crippen LogP contribution in [0.3, 0.4) is 0 Å². The molecule has 0 saturated carbocycles. The Balaban J connectivity index is 4.66. The largest absolute Gasteiger partial charge is 0.464 e. The Morgan fingerprint density at radius 2 is 1.79 bits per heavy atom. The van der Waals surface area contributed by atoms with Gasteiger partial charge in [0.05, 0.1) is 7.11 Å². The number of amides is 1. The van der Waals surface area contributed by atoms with Gasteiger partial charge in [0.15, 0.2) is 4.84 Å². The smallest absolute Gasteiger partial charge is 0.354 e. The van der Waals surface area contributed by atoms with Gasteiger partial charge in [0, 0.05) is 0 Å². The molecule has 0 spiro atoms. The zero-order valence-corrected chi connectivity index (χ0v) is 9.57. The van der Waals surface area contributed by atoms with Crippen LogP contribution in [-0.4, -0.2) is 23.8 Å². The zero-order valence-electron chi connectivity index (χ0n) is 8.06. The van der Waals surface area contributed by atoms with Gasteiger partial charge in [0.1, 0.15) is 5.70 Å². The Kier molecular flexibility index (Phi) is 5.57. The monoisotopic (exact) mass is 239 g/mol. The molecule has 1 amide bonds. The van der Waals surface area contributed by atoms with Gasteiger partial charge in [-0.25, -0.2) is 4.79 Å². The number of carbonyl (C=O) groups is 2. The van der Waals surface area contributed by atoms with Crippen molar-refractivity contribution in [3.05, 3.63) is 11.3 Å². The molecular formula is C8H11Cl2NO3. The van der Waals surface area contributed by atoms with Crippen LogP contribution in [0.15, 0.2) is 11.3 Å². The second-order valence-electron chi connectivity index (χ2n) is 2.66. The maximum absolute atomic E-state index is 11.1. The third-order valence-corrected chi connectivity index (χ3v) is 1.73. The van der Waals surface area contributed by atoms with E-state index in [0.29, 0.717) is 5.57 Å². The van der Waals surface area contributed by atoms with Gasteiger partial charge in [-0.3, -0.25) is 4.79 Å². The molecule has 0 rings (SSSR count). The van der Waals surface area contributed by atoms with Gasteiger partial charge >= 0.3 is 5.97 Å². The summed E-state index contributed by atoms with van der Waals surface area (Å²) in [4.78, 5) is 21.0. The highest BCUT2D eigenvalue weighted by Crippen LogP contribution is 2.06. The van der Waals surface area contributed by atoms with Gasteiger partial charge in [-0.1, -0.05) is 23.2 Å². The number of rotatable bonds is 3. The molecule has 0 aromatic carbocycles. The lowest BCUT2D eigenvalue weighted by Gasteiger charge is -2.09. The summed E-state index contributed by atoms with van der Waals surface area (Å²) in [5.74, 6) is -1.29. The fraction of sp³-hybridized carbons (Fsp3) is 0.500. The van der Waals surface area contributed by atoms with E-state index in [1.807, 2.05) is 0 Å². The van der Waals surface area contributed by atoms with Crippen molar-refractivity contribution in [2.75, 3.05) is 7.11 Å². The summed E-state index contributed by atoms with van der Waals surface area (Å²) < 4.78 is 4.46. The van der Waals surface area contributed by atoms with Crippen molar-refractivity contribution in [3.8, 4) is 0 Å². The third-order valence-electron chi connectivity index (χ3n) is 1.34. The minimum absolute atomic E-state index is 0.0591. The third kappa shape index (κ3) is 3.98. The van der Waals surface area contributed by atoms with Crippen LogP contribution in [0.2, 0.25) is 0 Å². The molecule has 6 heteroatoms.